The van der Waals surface area contributed by atoms with E-state index < -0.39 is 17.8 Å². The number of aromatic nitrogens is 1. The Morgan fingerprint density at radius 1 is 1.14 bits per heavy atom. The van der Waals surface area contributed by atoms with Crippen LogP contribution in [-0.4, -0.2) is 63.6 Å². The predicted molar refractivity (Wildman–Crippen MR) is 141 cm³/mol. The Morgan fingerprint density at radius 2 is 1.97 bits per heavy atom. The van der Waals surface area contributed by atoms with Crippen LogP contribution in [0.15, 0.2) is 66.0 Å². The molecule has 2 aliphatic heterocycles. The van der Waals surface area contributed by atoms with E-state index in [0.29, 0.717) is 18.3 Å². The minimum atomic E-state index is -0.895. The number of rotatable bonds is 2. The number of likely N-dealkylation sites (N-methyl/N-ethyl adjacent to an activating group) is 1. The Hall–Kier alpha value is -2.31. The van der Waals surface area contributed by atoms with Crippen molar-refractivity contribution < 1.29 is 14.9 Å². The van der Waals surface area contributed by atoms with Crippen LogP contribution in [0, 0.1) is 17.3 Å². The Balaban J connectivity index is 1.36. The summed E-state index contributed by atoms with van der Waals surface area (Å²) in [5.41, 5.74) is 3.91. The molecule has 8 atom stereocenters. The number of fused-ring (bicyclic) bond motifs is 2. The van der Waals surface area contributed by atoms with E-state index in [1.807, 2.05) is 31.4 Å². The minimum absolute atomic E-state index is 0.0638. The number of aliphatic hydroxyl groups excluding tert-OH is 2. The van der Waals surface area contributed by atoms with Gasteiger partial charge in [0.2, 0.25) is 0 Å². The molecule has 8 unspecified atom stereocenters. The minimum Gasteiger partial charge on any atom is -0.388 e. The molecule has 5 aliphatic rings. The van der Waals surface area contributed by atoms with Gasteiger partial charge in [0.25, 0.3) is 0 Å². The molecule has 1 aromatic heterocycles. The summed E-state index contributed by atoms with van der Waals surface area (Å²) in [6.45, 7) is 4.78. The predicted octanol–water partition coefficient (Wildman–Crippen LogP) is 4.50. The van der Waals surface area contributed by atoms with Gasteiger partial charge in [-0.15, -0.1) is 0 Å². The van der Waals surface area contributed by atoms with Gasteiger partial charge < -0.3 is 19.8 Å². The number of aliphatic hydroxyl groups is 2. The first-order valence-electron chi connectivity index (χ1n) is 13.4. The lowest BCUT2D eigenvalue weighted by Crippen LogP contribution is -2.62. The van der Waals surface area contributed by atoms with E-state index in [9.17, 15) is 10.2 Å². The first kappa shape index (κ1) is 22.9. The number of nitrogens with zero attached hydrogens (tertiary/aromatic N) is 2. The van der Waals surface area contributed by atoms with Crippen molar-refractivity contribution in [1.29, 1.82) is 0 Å². The van der Waals surface area contributed by atoms with Gasteiger partial charge in [0.05, 0.1) is 17.3 Å². The molecule has 0 radical (unpaired) electrons. The van der Waals surface area contributed by atoms with Crippen LogP contribution in [0.4, 0.5) is 0 Å². The van der Waals surface area contributed by atoms with Crippen LogP contribution in [0.25, 0.3) is 16.3 Å². The second kappa shape index (κ2) is 7.38. The van der Waals surface area contributed by atoms with Crippen LogP contribution in [-0.2, 0) is 4.74 Å². The van der Waals surface area contributed by atoms with E-state index in [4.69, 9.17) is 4.74 Å². The summed E-state index contributed by atoms with van der Waals surface area (Å²) in [5, 5.41) is 24.6. The molecule has 1 saturated carbocycles. The quantitative estimate of drug-likeness (QED) is 0.657. The lowest BCUT2D eigenvalue weighted by atomic mass is 9.54. The van der Waals surface area contributed by atoms with E-state index in [1.165, 1.54) is 27.5 Å². The van der Waals surface area contributed by atoms with Gasteiger partial charge in [-0.1, -0.05) is 50.3 Å². The lowest BCUT2D eigenvalue weighted by molar-refractivity contribution is -0.165. The average Bonchev–Trinajstić information content (AvgIpc) is 3.39. The maximum atomic E-state index is 11.2. The van der Waals surface area contributed by atoms with Gasteiger partial charge in [-0.3, -0.25) is 4.98 Å². The van der Waals surface area contributed by atoms with Crippen molar-refractivity contribution in [3.8, 4) is 0 Å². The second-order valence-corrected chi connectivity index (χ2v) is 12.3. The van der Waals surface area contributed by atoms with Gasteiger partial charge in [-0.25, -0.2) is 0 Å². The molecule has 2 N–H and O–H groups in total. The fraction of sp³-hybridized carbons (Fsp3) is 0.516. The molecule has 2 bridgehead atoms. The van der Waals surface area contributed by atoms with Gasteiger partial charge in [0, 0.05) is 35.2 Å². The number of allylic oxidation sites excluding steroid dienone is 3. The van der Waals surface area contributed by atoms with Crippen LogP contribution >= 0.6 is 0 Å². The third kappa shape index (κ3) is 2.67. The Labute approximate surface area is 213 Å². The summed E-state index contributed by atoms with van der Waals surface area (Å²) in [5.74, 6) is 0.633. The van der Waals surface area contributed by atoms with Gasteiger partial charge in [0.15, 0.2) is 0 Å². The zero-order valence-electron chi connectivity index (χ0n) is 21.6. The topological polar surface area (TPSA) is 65.8 Å². The van der Waals surface area contributed by atoms with Crippen molar-refractivity contribution >= 4 is 16.3 Å². The van der Waals surface area contributed by atoms with Gasteiger partial charge >= 0.3 is 0 Å². The Morgan fingerprint density at radius 3 is 2.78 bits per heavy atom. The molecule has 2 spiro atoms. The second-order valence-electron chi connectivity index (χ2n) is 12.3. The fourth-order valence-corrected chi connectivity index (χ4v) is 8.58. The maximum absolute atomic E-state index is 11.2. The normalized spacial score (nSPS) is 43.0. The van der Waals surface area contributed by atoms with Crippen LogP contribution in [0.2, 0.25) is 0 Å². The molecule has 2 aromatic rings. The molecule has 3 aliphatic carbocycles. The molecular formula is C31H36N2O3. The highest BCUT2D eigenvalue weighted by Crippen LogP contribution is 2.69. The SMILES string of the molecule is CC1C=C2C=C3C(O)C(O)C(N(C)C)CC34CCC2(O4)C2CC=C(c3cccc4cnccc34)C12C. The summed E-state index contributed by atoms with van der Waals surface area (Å²) >= 11 is 0. The lowest BCUT2D eigenvalue weighted by Gasteiger charge is -2.57. The van der Waals surface area contributed by atoms with Crippen molar-refractivity contribution in [2.24, 2.45) is 17.3 Å². The highest BCUT2D eigenvalue weighted by atomic mass is 16.5. The molecule has 7 rings (SSSR count). The largest absolute Gasteiger partial charge is 0.388 e. The first-order chi connectivity index (χ1) is 17.2. The molecule has 5 nitrogen and oxygen atoms in total. The van der Waals surface area contributed by atoms with Crippen molar-refractivity contribution in [2.75, 3.05) is 14.1 Å². The number of ether oxygens (including phenoxy) is 1. The van der Waals surface area contributed by atoms with E-state index in [-0.39, 0.29) is 17.1 Å². The van der Waals surface area contributed by atoms with Crippen molar-refractivity contribution in [3.63, 3.8) is 0 Å². The van der Waals surface area contributed by atoms with Gasteiger partial charge in [-0.05, 0) is 79.4 Å². The molecule has 1 aromatic carbocycles. The number of pyridine rings is 1. The first-order valence-corrected chi connectivity index (χ1v) is 13.4. The molecule has 36 heavy (non-hydrogen) atoms. The molecule has 2 fully saturated rings. The maximum Gasteiger partial charge on any atom is 0.105 e. The Kier molecular flexibility index (Phi) is 4.69. The van der Waals surface area contributed by atoms with Crippen molar-refractivity contribution in [3.05, 3.63) is 71.6 Å². The smallest absolute Gasteiger partial charge is 0.105 e. The van der Waals surface area contributed by atoms with E-state index >= 15 is 0 Å². The molecule has 1 saturated heterocycles. The number of benzene rings is 1. The van der Waals surface area contributed by atoms with Crippen LogP contribution in [0.1, 0.15) is 45.1 Å². The molecular weight excluding hydrogens is 448 g/mol. The molecule has 0 amide bonds. The zero-order valence-corrected chi connectivity index (χ0v) is 21.6. The Bertz CT molecular complexity index is 1360. The van der Waals surface area contributed by atoms with Gasteiger partial charge in [-0.2, -0.15) is 0 Å². The molecule has 5 heteroatoms. The van der Waals surface area contributed by atoms with Crippen molar-refractivity contribution in [1.82, 2.24) is 9.88 Å². The monoisotopic (exact) mass is 484 g/mol. The van der Waals surface area contributed by atoms with Crippen LogP contribution in [0.3, 0.4) is 0 Å². The molecule has 3 heterocycles. The third-order valence-corrected chi connectivity index (χ3v) is 10.6. The van der Waals surface area contributed by atoms with E-state index in [2.05, 4.69) is 61.3 Å². The molecule has 188 valence electrons. The summed E-state index contributed by atoms with van der Waals surface area (Å²) < 4.78 is 7.30. The summed E-state index contributed by atoms with van der Waals surface area (Å²) in [4.78, 5) is 6.39. The van der Waals surface area contributed by atoms with Gasteiger partial charge in [0.1, 0.15) is 6.10 Å². The average molecular weight is 485 g/mol. The van der Waals surface area contributed by atoms with E-state index in [0.717, 1.165) is 24.8 Å². The van der Waals surface area contributed by atoms with Crippen molar-refractivity contribution in [2.45, 2.75) is 69.0 Å². The number of hydrogen-bond donors (Lipinski definition) is 2. The highest BCUT2D eigenvalue weighted by molar-refractivity contribution is 5.95. The van der Waals surface area contributed by atoms with Crippen LogP contribution in [0.5, 0.6) is 0 Å². The highest BCUT2D eigenvalue weighted by Gasteiger charge is 2.68. The summed E-state index contributed by atoms with van der Waals surface area (Å²) in [7, 11) is 3.97. The summed E-state index contributed by atoms with van der Waals surface area (Å²) in [6, 6.07) is 8.57. The zero-order chi connectivity index (χ0) is 25.0. The summed E-state index contributed by atoms with van der Waals surface area (Å²) in [6.07, 6.45) is 12.8. The fourth-order valence-electron chi connectivity index (χ4n) is 8.58. The standard InChI is InChI=1S/C31H36N2O3/c1-18-14-20-15-24-27(34)28(35)25(33(3)4)16-30(24)11-12-31(20,36-30)26-9-8-23(29(18,26)2)22-7-5-6-19-17-32-13-10-21(19)22/h5-8,10,13-15,17-18,25-28,34-35H,9,11-12,16H2,1-4H3. The van der Waals surface area contributed by atoms with E-state index in [1.54, 1.807) is 0 Å². The third-order valence-electron chi connectivity index (χ3n) is 10.6. The van der Waals surface area contributed by atoms with Crippen LogP contribution < -0.4 is 0 Å². The number of hydrogen-bond acceptors (Lipinski definition) is 5.